The quantitative estimate of drug-likeness (QED) is 0.809. The molecule has 108 valence electrons. The second-order valence-electron chi connectivity index (χ2n) is 5.49. The van der Waals surface area contributed by atoms with E-state index >= 15 is 0 Å². The van der Waals surface area contributed by atoms with Crippen LogP contribution in [0.4, 0.5) is 4.79 Å². The zero-order chi connectivity index (χ0) is 13.7. The molecule has 19 heavy (non-hydrogen) atoms. The normalized spacial score (nSPS) is 22.2. The molecule has 0 unspecified atom stereocenters. The molecule has 6 heteroatoms. The third kappa shape index (κ3) is 4.38. The lowest BCUT2D eigenvalue weighted by molar-refractivity contribution is -0.138. The number of carbonyl (C=O) groups is 2. The van der Waals surface area contributed by atoms with E-state index in [0.717, 1.165) is 38.8 Å². The van der Waals surface area contributed by atoms with Gasteiger partial charge in [0.1, 0.15) is 0 Å². The van der Waals surface area contributed by atoms with Crippen LogP contribution in [0.1, 0.15) is 38.5 Å². The van der Waals surface area contributed by atoms with E-state index in [1.165, 1.54) is 6.42 Å². The Kier molecular flexibility index (Phi) is 5.01. The number of hydrazine groups is 1. The Labute approximate surface area is 113 Å². The zero-order valence-corrected chi connectivity index (χ0v) is 11.3. The molecule has 0 aliphatic carbocycles. The number of rotatable bonds is 3. The predicted octanol–water partition coefficient (Wildman–Crippen LogP) is 1.28. The minimum atomic E-state index is -0.740. The van der Waals surface area contributed by atoms with Gasteiger partial charge in [0.15, 0.2) is 0 Å². The molecule has 6 nitrogen and oxygen atoms in total. The maximum Gasteiger partial charge on any atom is 0.331 e. The Morgan fingerprint density at radius 3 is 2.26 bits per heavy atom. The number of likely N-dealkylation sites (tertiary alicyclic amines) is 1. The molecule has 2 rings (SSSR count). The van der Waals surface area contributed by atoms with Gasteiger partial charge < -0.3 is 10.0 Å². The average molecular weight is 269 g/mol. The van der Waals surface area contributed by atoms with Crippen LogP contribution in [-0.4, -0.2) is 53.2 Å². The molecule has 2 amide bonds. The first-order valence-corrected chi connectivity index (χ1v) is 7.17. The van der Waals surface area contributed by atoms with Gasteiger partial charge in [-0.1, -0.05) is 6.42 Å². The fourth-order valence-electron chi connectivity index (χ4n) is 2.80. The van der Waals surface area contributed by atoms with Crippen molar-refractivity contribution < 1.29 is 14.7 Å². The molecule has 2 aliphatic rings. The van der Waals surface area contributed by atoms with Crippen molar-refractivity contribution in [3.63, 3.8) is 0 Å². The van der Waals surface area contributed by atoms with E-state index in [1.54, 1.807) is 4.90 Å². The summed E-state index contributed by atoms with van der Waals surface area (Å²) in [7, 11) is 0. The van der Waals surface area contributed by atoms with Gasteiger partial charge in [0.25, 0.3) is 0 Å². The standard InChI is InChI=1S/C13H23N3O3/c17-12(18)10-11-4-8-15(9-5-11)13(19)14-16-6-2-1-3-7-16/h11H,1-10H2,(H,14,19)(H,17,18). The number of hydrogen-bond donors (Lipinski definition) is 2. The Balaban J connectivity index is 1.71. The van der Waals surface area contributed by atoms with Crippen molar-refractivity contribution in [1.29, 1.82) is 0 Å². The Morgan fingerprint density at radius 1 is 1.05 bits per heavy atom. The number of amides is 2. The largest absolute Gasteiger partial charge is 0.481 e. The molecule has 0 saturated carbocycles. The van der Waals surface area contributed by atoms with Crippen LogP contribution in [0.2, 0.25) is 0 Å². The first kappa shape index (κ1) is 14.1. The van der Waals surface area contributed by atoms with Crippen LogP contribution in [0, 0.1) is 5.92 Å². The second kappa shape index (κ2) is 6.75. The summed E-state index contributed by atoms with van der Waals surface area (Å²) in [5.41, 5.74) is 2.95. The van der Waals surface area contributed by atoms with Gasteiger partial charge >= 0.3 is 12.0 Å². The third-order valence-corrected chi connectivity index (χ3v) is 3.97. The van der Waals surface area contributed by atoms with E-state index in [4.69, 9.17) is 5.11 Å². The summed E-state index contributed by atoms with van der Waals surface area (Å²) >= 11 is 0. The van der Waals surface area contributed by atoms with E-state index in [2.05, 4.69) is 5.43 Å². The zero-order valence-electron chi connectivity index (χ0n) is 11.3. The van der Waals surface area contributed by atoms with Crippen molar-refractivity contribution >= 4 is 12.0 Å². The van der Waals surface area contributed by atoms with Crippen LogP contribution in [0.15, 0.2) is 0 Å². The van der Waals surface area contributed by atoms with Crippen LogP contribution in [0.3, 0.4) is 0 Å². The summed E-state index contributed by atoms with van der Waals surface area (Å²) in [4.78, 5) is 24.5. The van der Waals surface area contributed by atoms with Crippen molar-refractivity contribution in [3.8, 4) is 0 Å². The number of piperidine rings is 2. The predicted molar refractivity (Wildman–Crippen MR) is 70.5 cm³/mol. The van der Waals surface area contributed by atoms with Crippen LogP contribution >= 0.6 is 0 Å². The molecule has 2 N–H and O–H groups in total. The van der Waals surface area contributed by atoms with Crippen LogP contribution < -0.4 is 5.43 Å². The number of aliphatic carboxylic acids is 1. The number of hydrogen-bond acceptors (Lipinski definition) is 3. The smallest absolute Gasteiger partial charge is 0.331 e. The van der Waals surface area contributed by atoms with E-state index in [0.29, 0.717) is 13.1 Å². The summed E-state index contributed by atoms with van der Waals surface area (Å²) in [6.45, 7) is 3.19. The molecule has 0 aromatic heterocycles. The molecular weight excluding hydrogens is 246 g/mol. The molecule has 2 fully saturated rings. The maximum absolute atomic E-state index is 12.1. The second-order valence-corrected chi connectivity index (χ2v) is 5.49. The highest BCUT2D eigenvalue weighted by atomic mass is 16.4. The number of carboxylic acids is 1. The lowest BCUT2D eigenvalue weighted by atomic mass is 9.94. The van der Waals surface area contributed by atoms with Gasteiger partial charge in [0.05, 0.1) is 0 Å². The third-order valence-electron chi connectivity index (χ3n) is 3.97. The molecule has 2 heterocycles. The van der Waals surface area contributed by atoms with Gasteiger partial charge in [0, 0.05) is 32.6 Å². The van der Waals surface area contributed by atoms with Crippen molar-refractivity contribution in [3.05, 3.63) is 0 Å². The number of carboxylic acid groups (broad SMARTS) is 1. The highest BCUT2D eigenvalue weighted by Crippen LogP contribution is 2.20. The minimum absolute atomic E-state index is 0.0318. The van der Waals surface area contributed by atoms with Crippen LogP contribution in [0.5, 0.6) is 0 Å². The molecule has 0 aromatic rings. The summed E-state index contributed by atoms with van der Waals surface area (Å²) in [6, 6.07) is -0.0318. The highest BCUT2D eigenvalue weighted by molar-refractivity contribution is 5.73. The van der Waals surface area contributed by atoms with Gasteiger partial charge in [-0.25, -0.2) is 9.80 Å². The minimum Gasteiger partial charge on any atom is -0.481 e. The first-order chi connectivity index (χ1) is 9.15. The van der Waals surface area contributed by atoms with E-state index in [1.807, 2.05) is 5.01 Å². The van der Waals surface area contributed by atoms with Gasteiger partial charge in [0.2, 0.25) is 0 Å². The number of carbonyl (C=O) groups excluding carboxylic acids is 1. The van der Waals surface area contributed by atoms with E-state index < -0.39 is 5.97 Å². The SMILES string of the molecule is O=C(O)CC1CCN(C(=O)NN2CCCCC2)CC1. The Hall–Kier alpha value is -1.30. The molecule has 0 spiro atoms. The molecule has 0 aromatic carbocycles. The molecule has 0 bridgehead atoms. The molecule has 0 radical (unpaired) electrons. The molecule has 2 saturated heterocycles. The Bertz CT molecular complexity index is 321. The highest BCUT2D eigenvalue weighted by Gasteiger charge is 2.25. The van der Waals surface area contributed by atoms with E-state index in [9.17, 15) is 9.59 Å². The number of urea groups is 1. The van der Waals surface area contributed by atoms with Crippen LogP contribution in [0.25, 0.3) is 0 Å². The van der Waals surface area contributed by atoms with Crippen molar-refractivity contribution in [2.24, 2.45) is 5.92 Å². The Morgan fingerprint density at radius 2 is 1.68 bits per heavy atom. The van der Waals surface area contributed by atoms with Crippen molar-refractivity contribution in [2.45, 2.75) is 38.5 Å². The monoisotopic (exact) mass is 269 g/mol. The fourth-order valence-corrected chi connectivity index (χ4v) is 2.80. The fraction of sp³-hybridized carbons (Fsp3) is 0.846. The summed E-state index contributed by atoms with van der Waals surface area (Å²) < 4.78 is 0. The average Bonchev–Trinajstić information content (AvgIpc) is 2.40. The topological polar surface area (TPSA) is 72.9 Å². The lowest BCUT2D eigenvalue weighted by Crippen LogP contribution is -2.52. The lowest BCUT2D eigenvalue weighted by Gasteiger charge is -2.34. The summed E-state index contributed by atoms with van der Waals surface area (Å²) in [6.07, 6.45) is 5.33. The summed E-state index contributed by atoms with van der Waals surface area (Å²) in [5.74, 6) is -0.521. The van der Waals surface area contributed by atoms with Crippen molar-refractivity contribution in [1.82, 2.24) is 15.3 Å². The van der Waals surface area contributed by atoms with E-state index in [-0.39, 0.29) is 18.4 Å². The number of nitrogens with zero attached hydrogens (tertiary/aromatic N) is 2. The van der Waals surface area contributed by atoms with Gasteiger partial charge in [-0.3, -0.25) is 10.2 Å². The maximum atomic E-state index is 12.1. The molecule has 0 atom stereocenters. The summed E-state index contributed by atoms with van der Waals surface area (Å²) in [5, 5.41) is 10.8. The van der Waals surface area contributed by atoms with Crippen molar-refractivity contribution in [2.75, 3.05) is 26.2 Å². The first-order valence-electron chi connectivity index (χ1n) is 7.17. The van der Waals surface area contributed by atoms with Gasteiger partial charge in [-0.05, 0) is 31.6 Å². The van der Waals surface area contributed by atoms with Gasteiger partial charge in [-0.2, -0.15) is 0 Å². The molecule has 2 aliphatic heterocycles. The van der Waals surface area contributed by atoms with Crippen LogP contribution in [-0.2, 0) is 4.79 Å². The van der Waals surface area contributed by atoms with Gasteiger partial charge in [-0.15, -0.1) is 0 Å². The number of nitrogens with one attached hydrogen (secondary N) is 1. The molecular formula is C13H23N3O3.